The van der Waals surface area contributed by atoms with Gasteiger partial charge in [0.15, 0.2) is 5.78 Å². The van der Waals surface area contributed by atoms with E-state index in [9.17, 15) is 14.0 Å². The summed E-state index contributed by atoms with van der Waals surface area (Å²) in [4.78, 5) is 30.7. The Bertz CT molecular complexity index is 936. The number of carbonyl (C=O) groups excluding carboxylic acids is 2. The Morgan fingerprint density at radius 1 is 0.975 bits per heavy atom. The zero-order chi connectivity index (χ0) is 31.3. The number of aliphatic imine (C=N–C) groups is 1. The molecular weight excluding hydrogens is 505 g/mol. The first-order valence-corrected chi connectivity index (χ1v) is 14.9. The highest BCUT2D eigenvalue weighted by atomic mass is 19.2. The SMILES string of the molecule is CC/C=C(/C=N/C(/C=C(\C)C(C)(C)C)=C(\C)C(C)CC)C(=O)CCCCC(COC(C)(C)F)C(=O)OC(C)(C)C. The summed E-state index contributed by atoms with van der Waals surface area (Å²) in [5.41, 5.74) is 3.33. The number of ketones is 1. The zero-order valence-electron chi connectivity index (χ0n) is 27.8. The van der Waals surface area contributed by atoms with Crippen LogP contribution in [0.1, 0.15) is 129 Å². The minimum absolute atomic E-state index is 0.0244. The van der Waals surface area contributed by atoms with E-state index >= 15 is 0 Å². The molecule has 0 rings (SSSR count). The molecule has 0 saturated carbocycles. The molecule has 40 heavy (non-hydrogen) atoms. The van der Waals surface area contributed by atoms with Crippen molar-refractivity contribution in [2.24, 2.45) is 22.2 Å². The molecule has 230 valence electrons. The number of nitrogens with zero attached hydrogens (tertiary/aromatic N) is 1. The van der Waals surface area contributed by atoms with E-state index in [1.54, 1.807) is 27.0 Å². The minimum Gasteiger partial charge on any atom is -0.460 e. The second kappa shape index (κ2) is 17.0. The number of hydrogen-bond acceptors (Lipinski definition) is 5. The van der Waals surface area contributed by atoms with Crippen LogP contribution in [-0.4, -0.2) is 36.0 Å². The molecule has 0 N–H and O–H groups in total. The second-order valence-corrected chi connectivity index (χ2v) is 13.4. The van der Waals surface area contributed by atoms with Gasteiger partial charge in [0.25, 0.3) is 0 Å². The van der Waals surface area contributed by atoms with Crippen LogP contribution in [-0.2, 0) is 19.1 Å². The van der Waals surface area contributed by atoms with Crippen LogP contribution in [0.15, 0.2) is 39.6 Å². The summed E-state index contributed by atoms with van der Waals surface area (Å²) in [5.74, 6) is -2.42. The van der Waals surface area contributed by atoms with E-state index < -0.39 is 23.3 Å². The number of halogens is 1. The number of allylic oxidation sites excluding steroid dienone is 5. The first-order valence-electron chi connectivity index (χ1n) is 14.9. The van der Waals surface area contributed by atoms with E-state index in [-0.39, 0.29) is 17.8 Å². The quantitative estimate of drug-likeness (QED) is 0.0616. The lowest BCUT2D eigenvalue weighted by Crippen LogP contribution is -2.33. The molecule has 0 aromatic carbocycles. The van der Waals surface area contributed by atoms with Gasteiger partial charge < -0.3 is 9.47 Å². The van der Waals surface area contributed by atoms with Crippen molar-refractivity contribution in [3.05, 3.63) is 34.6 Å². The average molecular weight is 564 g/mol. The molecule has 6 heteroatoms. The van der Waals surface area contributed by atoms with Gasteiger partial charge in [-0.25, -0.2) is 4.39 Å². The lowest BCUT2D eigenvalue weighted by atomic mass is 9.86. The van der Waals surface area contributed by atoms with Crippen LogP contribution in [0.5, 0.6) is 0 Å². The van der Waals surface area contributed by atoms with Gasteiger partial charge in [-0.05, 0) is 97.1 Å². The number of hydrogen-bond donors (Lipinski definition) is 0. The van der Waals surface area contributed by atoms with Crippen LogP contribution in [0.3, 0.4) is 0 Å². The van der Waals surface area contributed by atoms with Crippen LogP contribution < -0.4 is 0 Å². The van der Waals surface area contributed by atoms with Crippen LogP contribution in [0.2, 0.25) is 0 Å². The highest BCUT2D eigenvalue weighted by Crippen LogP contribution is 2.28. The van der Waals surface area contributed by atoms with Crippen LogP contribution in [0, 0.1) is 17.3 Å². The van der Waals surface area contributed by atoms with Gasteiger partial charge in [-0.15, -0.1) is 0 Å². The van der Waals surface area contributed by atoms with E-state index in [0.29, 0.717) is 37.2 Å². The van der Waals surface area contributed by atoms with E-state index in [1.165, 1.54) is 25.0 Å². The molecule has 0 spiro atoms. The highest BCUT2D eigenvalue weighted by molar-refractivity contribution is 6.13. The van der Waals surface area contributed by atoms with Gasteiger partial charge in [0, 0.05) is 18.2 Å². The van der Waals surface area contributed by atoms with Crippen LogP contribution >= 0.6 is 0 Å². The van der Waals surface area contributed by atoms with Crippen molar-refractivity contribution in [2.75, 3.05) is 6.61 Å². The maximum atomic E-state index is 13.9. The fourth-order valence-electron chi connectivity index (χ4n) is 3.60. The Morgan fingerprint density at radius 2 is 1.57 bits per heavy atom. The first-order chi connectivity index (χ1) is 18.2. The number of unbranched alkanes of at least 4 members (excludes halogenated alkanes) is 1. The third-order valence-corrected chi connectivity index (χ3v) is 6.95. The summed E-state index contributed by atoms with van der Waals surface area (Å²) >= 11 is 0. The van der Waals surface area contributed by atoms with E-state index in [2.05, 4.69) is 54.5 Å². The van der Waals surface area contributed by atoms with Crippen molar-refractivity contribution < 1.29 is 23.5 Å². The molecule has 2 atom stereocenters. The van der Waals surface area contributed by atoms with Crippen LogP contribution in [0.25, 0.3) is 0 Å². The predicted molar refractivity (Wildman–Crippen MR) is 166 cm³/mol. The molecule has 5 nitrogen and oxygen atoms in total. The summed E-state index contributed by atoms with van der Waals surface area (Å²) in [6.45, 7) is 25.1. The van der Waals surface area contributed by atoms with Gasteiger partial charge in [-0.2, -0.15) is 0 Å². The monoisotopic (exact) mass is 563 g/mol. The molecule has 0 aromatic heterocycles. The van der Waals surface area contributed by atoms with Crippen molar-refractivity contribution in [3.63, 3.8) is 0 Å². The highest BCUT2D eigenvalue weighted by Gasteiger charge is 2.28. The van der Waals surface area contributed by atoms with Gasteiger partial charge in [-0.1, -0.05) is 59.6 Å². The number of ether oxygens (including phenoxy) is 2. The lowest BCUT2D eigenvalue weighted by molar-refractivity contribution is -0.171. The van der Waals surface area contributed by atoms with Gasteiger partial charge in [0.05, 0.1) is 18.2 Å². The Kier molecular flexibility index (Phi) is 16.1. The third-order valence-electron chi connectivity index (χ3n) is 6.95. The Balaban J connectivity index is 5.59. The molecule has 0 amide bonds. The summed E-state index contributed by atoms with van der Waals surface area (Å²) in [6, 6.07) is 0. The first kappa shape index (κ1) is 37.9. The Morgan fingerprint density at radius 3 is 2.05 bits per heavy atom. The molecule has 0 heterocycles. The molecule has 0 aliphatic carbocycles. The van der Waals surface area contributed by atoms with Gasteiger partial charge in [0.1, 0.15) is 5.60 Å². The third kappa shape index (κ3) is 16.2. The molecule has 0 aromatic rings. The van der Waals surface area contributed by atoms with Crippen LogP contribution in [0.4, 0.5) is 4.39 Å². The van der Waals surface area contributed by atoms with Gasteiger partial charge in [-0.3, -0.25) is 14.6 Å². The number of alkyl halides is 1. The lowest BCUT2D eigenvalue weighted by Gasteiger charge is -2.25. The largest absolute Gasteiger partial charge is 0.460 e. The molecule has 2 unspecified atom stereocenters. The van der Waals surface area contributed by atoms with E-state index in [1.807, 2.05) is 13.0 Å². The molecule has 0 radical (unpaired) electrons. The van der Waals surface area contributed by atoms with Gasteiger partial charge in [0.2, 0.25) is 5.85 Å². The molecule has 0 aliphatic heterocycles. The number of esters is 1. The van der Waals surface area contributed by atoms with Crippen molar-refractivity contribution in [3.8, 4) is 0 Å². The summed E-state index contributed by atoms with van der Waals surface area (Å²) in [6.07, 6.45) is 9.53. The van der Waals surface area contributed by atoms with Crippen molar-refractivity contribution >= 4 is 18.0 Å². The minimum atomic E-state index is -1.84. The standard InChI is InChI=1S/C34H58FNO4/c1-14-18-27(22-36-29(26(5)24(3)15-2)21-25(4)32(6,7)8)30(37)20-17-16-19-28(23-39-34(12,13)35)31(38)40-33(9,10)11/h18,21-22,24,28H,14-17,19-20,23H2,1-13H3/b25-21+,27-18-,29-26+,36-22+. The Hall–Kier alpha value is -2.08. The fourth-order valence-corrected chi connectivity index (χ4v) is 3.60. The molecule has 0 aliphatic rings. The van der Waals surface area contributed by atoms with Crippen molar-refractivity contribution in [1.82, 2.24) is 0 Å². The normalized spacial score (nSPS) is 16.1. The second-order valence-electron chi connectivity index (χ2n) is 13.4. The van der Waals surface area contributed by atoms with E-state index in [0.717, 1.165) is 18.5 Å². The van der Waals surface area contributed by atoms with Gasteiger partial charge >= 0.3 is 5.97 Å². The topological polar surface area (TPSA) is 65.0 Å². The molecular formula is C34H58FNO4. The Labute approximate surface area is 244 Å². The maximum Gasteiger partial charge on any atom is 0.311 e. The van der Waals surface area contributed by atoms with E-state index in [4.69, 9.17) is 14.5 Å². The number of rotatable bonds is 16. The summed E-state index contributed by atoms with van der Waals surface area (Å²) in [5, 5.41) is 0. The summed E-state index contributed by atoms with van der Waals surface area (Å²) in [7, 11) is 0. The smallest absolute Gasteiger partial charge is 0.311 e. The average Bonchev–Trinajstić information content (AvgIpc) is 2.81. The van der Waals surface area contributed by atoms with Crippen molar-refractivity contribution in [2.45, 2.75) is 140 Å². The summed E-state index contributed by atoms with van der Waals surface area (Å²) < 4.78 is 24.7. The maximum absolute atomic E-state index is 13.9. The zero-order valence-corrected chi connectivity index (χ0v) is 27.8. The number of carbonyl (C=O) groups is 2. The fraction of sp³-hybridized carbons (Fsp3) is 0.735. The predicted octanol–water partition coefficient (Wildman–Crippen LogP) is 9.52. The number of Topliss-reactive ketones (excluding diaryl/α,β-unsaturated/α-hetero) is 1. The molecule has 0 bridgehead atoms. The van der Waals surface area contributed by atoms with Crippen molar-refractivity contribution in [1.29, 1.82) is 0 Å². The molecule has 0 saturated heterocycles. The molecule has 0 fully saturated rings.